The van der Waals surface area contributed by atoms with Crippen LogP contribution >= 0.6 is 0 Å². The minimum atomic E-state index is -0.562. The molecule has 1 aromatic carbocycles. The van der Waals surface area contributed by atoms with Crippen molar-refractivity contribution in [2.45, 2.75) is 26.9 Å². The molecule has 84 valence electrons. The molecule has 15 heavy (non-hydrogen) atoms. The van der Waals surface area contributed by atoms with Crippen molar-refractivity contribution in [3.63, 3.8) is 0 Å². The molecule has 1 rings (SSSR count). The number of benzene rings is 1. The van der Waals surface area contributed by atoms with Crippen molar-refractivity contribution < 1.29 is 14.6 Å². The Morgan fingerprint density at radius 3 is 2.13 bits per heavy atom. The lowest BCUT2D eigenvalue weighted by Crippen LogP contribution is -2.02. The second-order valence-electron chi connectivity index (χ2n) is 3.63. The average Bonchev–Trinajstić information content (AvgIpc) is 2.21. The van der Waals surface area contributed by atoms with Gasteiger partial charge < -0.3 is 14.6 Å². The molecule has 0 saturated carbocycles. The third-order valence-corrected chi connectivity index (χ3v) is 2.70. The summed E-state index contributed by atoms with van der Waals surface area (Å²) in [7, 11) is 3.24. The van der Waals surface area contributed by atoms with Crippen LogP contribution in [0.2, 0.25) is 0 Å². The minimum Gasteiger partial charge on any atom is -0.496 e. The molecular formula is C12H18O3. The van der Waals surface area contributed by atoms with E-state index in [4.69, 9.17) is 9.47 Å². The Bertz CT molecular complexity index is 356. The highest BCUT2D eigenvalue weighted by atomic mass is 16.5. The molecule has 0 aliphatic carbocycles. The summed E-state index contributed by atoms with van der Waals surface area (Å²) >= 11 is 0. The summed E-state index contributed by atoms with van der Waals surface area (Å²) in [6, 6.07) is 1.83. The summed E-state index contributed by atoms with van der Waals surface area (Å²) in [6.07, 6.45) is -0.562. The van der Waals surface area contributed by atoms with E-state index in [0.717, 1.165) is 28.2 Å². The number of ether oxygens (including phenoxy) is 2. The second kappa shape index (κ2) is 4.53. The number of hydrogen-bond acceptors (Lipinski definition) is 3. The lowest BCUT2D eigenvalue weighted by Gasteiger charge is -2.18. The number of methoxy groups -OCH3 is 2. The third-order valence-electron chi connectivity index (χ3n) is 2.70. The molecule has 3 heteroatoms. The summed E-state index contributed by atoms with van der Waals surface area (Å²) in [5.41, 5.74) is 2.81. The Morgan fingerprint density at radius 1 is 1.13 bits per heavy atom. The molecule has 0 heterocycles. The Kier molecular flexibility index (Phi) is 3.58. The molecule has 0 bridgehead atoms. The van der Waals surface area contributed by atoms with Gasteiger partial charge in [0.2, 0.25) is 0 Å². The molecular weight excluding hydrogens is 192 g/mol. The zero-order chi connectivity index (χ0) is 11.6. The Hall–Kier alpha value is -1.22. The maximum Gasteiger partial charge on any atom is 0.128 e. The first kappa shape index (κ1) is 11.9. The first-order valence-corrected chi connectivity index (χ1v) is 4.93. The van der Waals surface area contributed by atoms with E-state index in [1.807, 2.05) is 19.9 Å². The van der Waals surface area contributed by atoms with Gasteiger partial charge in [-0.1, -0.05) is 0 Å². The fraction of sp³-hybridized carbons (Fsp3) is 0.500. The fourth-order valence-corrected chi connectivity index (χ4v) is 1.68. The lowest BCUT2D eigenvalue weighted by molar-refractivity contribution is 0.193. The van der Waals surface area contributed by atoms with Gasteiger partial charge in [-0.15, -0.1) is 0 Å². The average molecular weight is 210 g/mol. The SMILES string of the molecule is COc1cc(C(C)O)c(OC)c(C)c1C. The predicted molar refractivity (Wildman–Crippen MR) is 59.7 cm³/mol. The van der Waals surface area contributed by atoms with Crippen LogP contribution in [0.4, 0.5) is 0 Å². The highest BCUT2D eigenvalue weighted by Crippen LogP contribution is 2.36. The van der Waals surface area contributed by atoms with E-state index >= 15 is 0 Å². The largest absolute Gasteiger partial charge is 0.496 e. The maximum atomic E-state index is 9.64. The molecule has 0 aromatic heterocycles. The fourth-order valence-electron chi connectivity index (χ4n) is 1.68. The van der Waals surface area contributed by atoms with Crippen LogP contribution < -0.4 is 9.47 Å². The van der Waals surface area contributed by atoms with Crippen molar-refractivity contribution in [3.8, 4) is 11.5 Å². The van der Waals surface area contributed by atoms with Crippen molar-refractivity contribution in [3.05, 3.63) is 22.8 Å². The van der Waals surface area contributed by atoms with Gasteiger partial charge in [-0.3, -0.25) is 0 Å². The van der Waals surface area contributed by atoms with Crippen molar-refractivity contribution in [1.82, 2.24) is 0 Å². The smallest absolute Gasteiger partial charge is 0.128 e. The van der Waals surface area contributed by atoms with Crippen LogP contribution in [0.25, 0.3) is 0 Å². The van der Waals surface area contributed by atoms with E-state index in [2.05, 4.69) is 0 Å². The lowest BCUT2D eigenvalue weighted by atomic mass is 10.00. The van der Waals surface area contributed by atoms with Gasteiger partial charge >= 0.3 is 0 Å². The minimum absolute atomic E-state index is 0.562. The summed E-state index contributed by atoms with van der Waals surface area (Å²) in [5.74, 6) is 1.52. The van der Waals surface area contributed by atoms with Gasteiger partial charge in [0.15, 0.2) is 0 Å². The van der Waals surface area contributed by atoms with Gasteiger partial charge in [0.1, 0.15) is 11.5 Å². The standard InChI is InChI=1S/C12H18O3/c1-7-8(2)12(15-5)10(9(3)13)6-11(7)14-4/h6,9,13H,1-5H3. The van der Waals surface area contributed by atoms with Crippen LogP contribution in [-0.4, -0.2) is 19.3 Å². The molecule has 1 N–H and O–H groups in total. The second-order valence-corrected chi connectivity index (χ2v) is 3.63. The molecule has 0 spiro atoms. The maximum absolute atomic E-state index is 9.64. The Balaban J connectivity index is 3.44. The molecule has 0 aliphatic rings. The van der Waals surface area contributed by atoms with Crippen molar-refractivity contribution >= 4 is 0 Å². The molecule has 1 unspecified atom stereocenters. The topological polar surface area (TPSA) is 38.7 Å². The molecule has 3 nitrogen and oxygen atoms in total. The number of rotatable bonds is 3. The van der Waals surface area contributed by atoms with Gasteiger partial charge in [0.25, 0.3) is 0 Å². The summed E-state index contributed by atoms with van der Waals surface area (Å²) < 4.78 is 10.6. The van der Waals surface area contributed by atoms with E-state index < -0.39 is 6.10 Å². The van der Waals surface area contributed by atoms with Gasteiger partial charge in [0, 0.05) is 5.56 Å². The quantitative estimate of drug-likeness (QED) is 0.832. The zero-order valence-corrected chi connectivity index (χ0v) is 9.92. The molecule has 0 amide bonds. The van der Waals surface area contributed by atoms with E-state index in [1.54, 1.807) is 21.1 Å². The van der Waals surface area contributed by atoms with Gasteiger partial charge in [-0.25, -0.2) is 0 Å². The highest BCUT2D eigenvalue weighted by molar-refractivity contribution is 5.53. The molecule has 1 atom stereocenters. The molecule has 0 radical (unpaired) electrons. The predicted octanol–water partition coefficient (Wildman–Crippen LogP) is 2.37. The summed E-state index contributed by atoms with van der Waals surface area (Å²) in [6.45, 7) is 5.65. The monoisotopic (exact) mass is 210 g/mol. The van der Waals surface area contributed by atoms with Crippen LogP contribution in [0.3, 0.4) is 0 Å². The third kappa shape index (κ3) is 2.07. The van der Waals surface area contributed by atoms with Gasteiger partial charge in [0.05, 0.1) is 20.3 Å². The van der Waals surface area contributed by atoms with E-state index in [0.29, 0.717) is 0 Å². The van der Waals surface area contributed by atoms with Crippen LogP contribution in [0.5, 0.6) is 11.5 Å². The van der Waals surface area contributed by atoms with Crippen molar-refractivity contribution in [2.24, 2.45) is 0 Å². The van der Waals surface area contributed by atoms with E-state index in [9.17, 15) is 5.11 Å². The number of aliphatic hydroxyl groups excluding tert-OH is 1. The summed E-state index contributed by atoms with van der Waals surface area (Å²) in [5, 5.41) is 9.64. The molecule has 1 aromatic rings. The first-order chi connectivity index (χ1) is 7.02. The number of aliphatic hydroxyl groups is 1. The van der Waals surface area contributed by atoms with E-state index in [1.165, 1.54) is 0 Å². The van der Waals surface area contributed by atoms with Gasteiger partial charge in [-0.05, 0) is 38.0 Å². The Labute approximate surface area is 90.6 Å². The van der Waals surface area contributed by atoms with Crippen LogP contribution in [0, 0.1) is 13.8 Å². The normalized spacial score (nSPS) is 12.4. The Morgan fingerprint density at radius 2 is 1.73 bits per heavy atom. The van der Waals surface area contributed by atoms with Crippen LogP contribution in [-0.2, 0) is 0 Å². The van der Waals surface area contributed by atoms with Crippen LogP contribution in [0.15, 0.2) is 6.07 Å². The van der Waals surface area contributed by atoms with Crippen molar-refractivity contribution in [1.29, 1.82) is 0 Å². The highest BCUT2D eigenvalue weighted by Gasteiger charge is 2.16. The molecule has 0 fully saturated rings. The zero-order valence-electron chi connectivity index (χ0n) is 9.92. The van der Waals surface area contributed by atoms with Gasteiger partial charge in [-0.2, -0.15) is 0 Å². The van der Waals surface area contributed by atoms with E-state index in [-0.39, 0.29) is 0 Å². The molecule has 0 aliphatic heterocycles. The van der Waals surface area contributed by atoms with Crippen LogP contribution in [0.1, 0.15) is 29.7 Å². The summed E-state index contributed by atoms with van der Waals surface area (Å²) in [4.78, 5) is 0. The first-order valence-electron chi connectivity index (χ1n) is 4.93. The molecule has 0 saturated heterocycles. The number of hydrogen-bond donors (Lipinski definition) is 1. The van der Waals surface area contributed by atoms with Crippen molar-refractivity contribution in [2.75, 3.05) is 14.2 Å².